The van der Waals surface area contributed by atoms with Crippen molar-refractivity contribution in [3.8, 4) is 0 Å². The minimum absolute atomic E-state index is 0.0262. The van der Waals surface area contributed by atoms with Gasteiger partial charge in [-0.3, -0.25) is 9.59 Å². The second-order valence-corrected chi connectivity index (χ2v) is 8.42. The predicted octanol–water partition coefficient (Wildman–Crippen LogP) is 1.46. The number of nitrogens with two attached hydrogens (primary N) is 1. The van der Waals surface area contributed by atoms with Crippen LogP contribution in [0.4, 0.5) is 0 Å². The van der Waals surface area contributed by atoms with Gasteiger partial charge in [0.1, 0.15) is 6.04 Å². The number of hydrogen-bond acceptors (Lipinski definition) is 4. The van der Waals surface area contributed by atoms with Crippen LogP contribution in [0.25, 0.3) is 0 Å². The summed E-state index contributed by atoms with van der Waals surface area (Å²) in [6, 6.07) is -0.386. The van der Waals surface area contributed by atoms with Gasteiger partial charge in [0.05, 0.1) is 11.4 Å². The van der Waals surface area contributed by atoms with E-state index in [1.165, 1.54) is 6.42 Å². The smallest absolute Gasteiger partial charge is 0.244 e. The first-order chi connectivity index (χ1) is 9.79. The van der Waals surface area contributed by atoms with Gasteiger partial charge >= 0.3 is 0 Å². The molecule has 6 heteroatoms. The van der Waals surface area contributed by atoms with E-state index in [2.05, 4.69) is 5.32 Å². The van der Waals surface area contributed by atoms with Crippen LogP contribution in [0, 0.1) is 0 Å². The monoisotopic (exact) mass is 313 g/mol. The number of thioether (sulfide) groups is 1. The largest absolute Gasteiger partial charge is 0.350 e. The molecule has 2 rings (SSSR count). The molecule has 1 aliphatic heterocycles. The Hall–Kier alpha value is -0.750. The maximum atomic E-state index is 12.6. The summed E-state index contributed by atoms with van der Waals surface area (Å²) in [5.74, 6) is 0.517. The van der Waals surface area contributed by atoms with Crippen LogP contribution in [0.5, 0.6) is 0 Å². The van der Waals surface area contributed by atoms with Gasteiger partial charge in [-0.15, -0.1) is 11.8 Å². The van der Waals surface area contributed by atoms with Gasteiger partial charge in [0.15, 0.2) is 0 Å². The molecule has 1 atom stereocenters. The minimum Gasteiger partial charge on any atom is -0.350 e. The van der Waals surface area contributed by atoms with Crippen molar-refractivity contribution in [1.29, 1.82) is 0 Å². The number of carbonyl (C=O) groups excluding carboxylic acids is 2. The molecule has 2 aliphatic rings. The zero-order valence-corrected chi connectivity index (χ0v) is 14.1. The number of nitrogens with one attached hydrogen (secondary N) is 1. The van der Waals surface area contributed by atoms with E-state index in [4.69, 9.17) is 5.73 Å². The van der Waals surface area contributed by atoms with Crippen LogP contribution in [0.1, 0.15) is 52.9 Å². The molecule has 1 aliphatic carbocycles. The SMILES string of the molecule is CC(C)(C)NC(=O)[C@@H]1CSC2(CCCCC2)N1C(=O)CN. The highest BCUT2D eigenvalue weighted by Crippen LogP contribution is 2.49. The molecule has 0 unspecified atom stereocenters. The zero-order valence-electron chi connectivity index (χ0n) is 13.3. The Balaban J connectivity index is 2.21. The van der Waals surface area contributed by atoms with E-state index in [-0.39, 0.29) is 34.8 Å². The Morgan fingerprint density at radius 3 is 2.43 bits per heavy atom. The molecule has 2 fully saturated rings. The molecule has 0 radical (unpaired) electrons. The number of nitrogens with zero attached hydrogens (tertiary/aromatic N) is 1. The predicted molar refractivity (Wildman–Crippen MR) is 85.9 cm³/mol. The van der Waals surface area contributed by atoms with Crippen LogP contribution in [-0.4, -0.2) is 45.5 Å². The molecular formula is C15H27N3O2S. The van der Waals surface area contributed by atoms with E-state index in [9.17, 15) is 9.59 Å². The number of hydrogen-bond donors (Lipinski definition) is 2. The molecule has 21 heavy (non-hydrogen) atoms. The fourth-order valence-electron chi connectivity index (χ4n) is 3.30. The van der Waals surface area contributed by atoms with E-state index in [0.717, 1.165) is 25.7 Å². The van der Waals surface area contributed by atoms with Crippen molar-refractivity contribution >= 4 is 23.6 Å². The van der Waals surface area contributed by atoms with Gasteiger partial charge in [-0.25, -0.2) is 0 Å². The molecule has 1 heterocycles. The van der Waals surface area contributed by atoms with Crippen molar-refractivity contribution in [3.63, 3.8) is 0 Å². The van der Waals surface area contributed by atoms with Crippen molar-refractivity contribution in [2.45, 2.75) is 69.3 Å². The molecule has 1 saturated carbocycles. The molecule has 5 nitrogen and oxygen atoms in total. The summed E-state index contributed by atoms with van der Waals surface area (Å²) in [7, 11) is 0. The normalized spacial score (nSPS) is 25.1. The van der Waals surface area contributed by atoms with Gasteiger partial charge in [0.2, 0.25) is 11.8 Å². The molecule has 1 spiro atoms. The maximum Gasteiger partial charge on any atom is 0.244 e. The Kier molecular flexibility index (Phi) is 4.88. The van der Waals surface area contributed by atoms with Crippen LogP contribution >= 0.6 is 11.8 Å². The molecular weight excluding hydrogens is 286 g/mol. The Bertz CT molecular complexity index is 414. The van der Waals surface area contributed by atoms with Crippen LogP contribution in [0.2, 0.25) is 0 Å². The van der Waals surface area contributed by atoms with Crippen LogP contribution < -0.4 is 11.1 Å². The first-order valence-corrected chi connectivity index (χ1v) is 8.76. The standard InChI is InChI=1S/C15H27N3O2S/c1-14(2,3)17-13(20)11-10-21-15(7-5-4-6-8-15)18(11)12(19)9-16/h11H,4-10,16H2,1-3H3,(H,17,20)/t11-/m0/s1. The lowest BCUT2D eigenvalue weighted by Gasteiger charge is -2.42. The zero-order chi connectivity index (χ0) is 15.7. The number of amides is 2. The highest BCUT2D eigenvalue weighted by Gasteiger charge is 2.51. The van der Waals surface area contributed by atoms with Gasteiger partial charge in [0, 0.05) is 11.3 Å². The van der Waals surface area contributed by atoms with Crippen molar-refractivity contribution in [2.24, 2.45) is 5.73 Å². The lowest BCUT2D eigenvalue weighted by atomic mass is 9.92. The summed E-state index contributed by atoms with van der Waals surface area (Å²) in [5.41, 5.74) is 5.31. The molecule has 0 aromatic heterocycles. The first kappa shape index (κ1) is 16.6. The second kappa shape index (κ2) is 6.16. The third kappa shape index (κ3) is 3.54. The average molecular weight is 313 g/mol. The van der Waals surface area contributed by atoms with Gasteiger partial charge in [-0.1, -0.05) is 19.3 Å². The van der Waals surface area contributed by atoms with Gasteiger partial charge in [-0.05, 0) is 33.6 Å². The second-order valence-electron chi connectivity index (χ2n) is 7.04. The van der Waals surface area contributed by atoms with E-state index < -0.39 is 0 Å². The van der Waals surface area contributed by atoms with Gasteiger partial charge < -0.3 is 16.0 Å². The third-order valence-corrected chi connectivity index (χ3v) is 5.76. The molecule has 0 bridgehead atoms. The summed E-state index contributed by atoms with van der Waals surface area (Å²) < 4.78 is 0. The van der Waals surface area contributed by atoms with Crippen molar-refractivity contribution in [3.05, 3.63) is 0 Å². The van der Waals surface area contributed by atoms with Crippen LogP contribution in [0.15, 0.2) is 0 Å². The maximum absolute atomic E-state index is 12.6. The molecule has 2 amide bonds. The van der Waals surface area contributed by atoms with Gasteiger partial charge in [-0.2, -0.15) is 0 Å². The third-order valence-electron chi connectivity index (χ3n) is 4.14. The highest BCUT2D eigenvalue weighted by molar-refractivity contribution is 8.01. The lowest BCUT2D eigenvalue weighted by molar-refractivity contribution is -0.142. The van der Waals surface area contributed by atoms with Crippen molar-refractivity contribution in [2.75, 3.05) is 12.3 Å². The fraction of sp³-hybridized carbons (Fsp3) is 0.867. The van der Waals surface area contributed by atoms with Crippen molar-refractivity contribution < 1.29 is 9.59 Å². The molecule has 0 aromatic carbocycles. The summed E-state index contributed by atoms with van der Waals surface area (Å²) >= 11 is 1.77. The quantitative estimate of drug-likeness (QED) is 0.809. The number of rotatable bonds is 2. The molecule has 120 valence electrons. The summed E-state index contributed by atoms with van der Waals surface area (Å²) in [6.45, 7) is 5.84. The number of carbonyl (C=O) groups is 2. The Morgan fingerprint density at radius 2 is 1.90 bits per heavy atom. The van der Waals surface area contributed by atoms with Crippen molar-refractivity contribution in [1.82, 2.24) is 10.2 Å². The molecule has 3 N–H and O–H groups in total. The summed E-state index contributed by atoms with van der Waals surface area (Å²) in [5, 5.41) is 3.01. The topological polar surface area (TPSA) is 75.4 Å². The fourth-order valence-corrected chi connectivity index (χ4v) is 5.01. The minimum atomic E-state index is -0.386. The van der Waals surface area contributed by atoms with Crippen LogP contribution in [0.3, 0.4) is 0 Å². The Labute approximate surface area is 131 Å². The van der Waals surface area contributed by atoms with E-state index >= 15 is 0 Å². The van der Waals surface area contributed by atoms with Crippen LogP contribution in [-0.2, 0) is 9.59 Å². The Morgan fingerprint density at radius 1 is 1.29 bits per heavy atom. The highest BCUT2D eigenvalue weighted by atomic mass is 32.2. The van der Waals surface area contributed by atoms with E-state index in [1.54, 1.807) is 16.7 Å². The van der Waals surface area contributed by atoms with E-state index in [1.807, 2.05) is 20.8 Å². The molecule has 1 saturated heterocycles. The molecule has 0 aromatic rings. The van der Waals surface area contributed by atoms with Gasteiger partial charge in [0.25, 0.3) is 0 Å². The first-order valence-electron chi connectivity index (χ1n) is 7.77. The summed E-state index contributed by atoms with van der Waals surface area (Å²) in [4.78, 5) is 26.5. The van der Waals surface area contributed by atoms with E-state index in [0.29, 0.717) is 5.75 Å². The average Bonchev–Trinajstić information content (AvgIpc) is 2.76. The lowest BCUT2D eigenvalue weighted by Crippen LogP contribution is -2.58. The summed E-state index contributed by atoms with van der Waals surface area (Å²) in [6.07, 6.45) is 5.40.